The summed E-state index contributed by atoms with van der Waals surface area (Å²) in [4.78, 5) is 1.36. The van der Waals surface area contributed by atoms with Gasteiger partial charge in [0.05, 0.1) is 13.2 Å². The summed E-state index contributed by atoms with van der Waals surface area (Å²) in [6.45, 7) is 5.46. The van der Waals surface area contributed by atoms with E-state index in [1.54, 1.807) is 12.1 Å². The zero-order valence-electron chi connectivity index (χ0n) is 17.2. The Kier molecular flexibility index (Phi) is 6.50. The van der Waals surface area contributed by atoms with E-state index in [0.29, 0.717) is 6.61 Å². The van der Waals surface area contributed by atoms with E-state index in [0.717, 1.165) is 48.9 Å². The first-order valence-corrected chi connectivity index (χ1v) is 10.4. The topological polar surface area (TPSA) is 32.1 Å². The smallest absolute Gasteiger partial charge is 0.231 e. The molecule has 5 heteroatoms. The van der Waals surface area contributed by atoms with Crippen molar-refractivity contribution < 1.29 is 23.5 Å². The van der Waals surface area contributed by atoms with Gasteiger partial charge in [0.25, 0.3) is 0 Å². The van der Waals surface area contributed by atoms with Crippen LogP contribution in [0.3, 0.4) is 0 Å². The van der Waals surface area contributed by atoms with E-state index in [-0.39, 0.29) is 12.6 Å². The molecular weight excluding hydrogens is 381 g/mol. The van der Waals surface area contributed by atoms with Gasteiger partial charge in [-0.05, 0) is 61.0 Å². The first-order chi connectivity index (χ1) is 14.7. The minimum atomic E-state index is -0.191. The minimum Gasteiger partial charge on any atom is -0.494 e. The molecule has 0 saturated carbocycles. The van der Waals surface area contributed by atoms with Crippen molar-refractivity contribution in [3.8, 4) is 17.2 Å². The standard InChI is InChI=1S/C25H26FNO3/c1-2-28-23-9-6-20(7-10-23)16-27(17-21-4-3-5-22(26)14-21)13-12-19-8-11-24-25(15-19)30-18-29-24/h3-11,14-15H,2,12-13,16-18H2,1H3/p+1. The molecule has 0 saturated heterocycles. The zero-order valence-corrected chi connectivity index (χ0v) is 17.2. The highest BCUT2D eigenvalue weighted by atomic mass is 19.1. The van der Waals surface area contributed by atoms with Crippen molar-refractivity contribution in [2.45, 2.75) is 26.4 Å². The minimum absolute atomic E-state index is 0.191. The van der Waals surface area contributed by atoms with Gasteiger partial charge in [0, 0.05) is 17.5 Å². The number of rotatable bonds is 9. The Balaban J connectivity index is 1.46. The Morgan fingerprint density at radius 3 is 2.43 bits per heavy atom. The maximum Gasteiger partial charge on any atom is 0.231 e. The molecule has 1 aliphatic rings. The Bertz CT molecular complexity index is 974. The van der Waals surface area contributed by atoms with Crippen molar-refractivity contribution in [1.82, 2.24) is 0 Å². The highest BCUT2D eigenvalue weighted by Crippen LogP contribution is 2.32. The Morgan fingerprint density at radius 2 is 1.63 bits per heavy atom. The molecule has 3 aromatic carbocycles. The van der Waals surface area contributed by atoms with E-state index in [9.17, 15) is 4.39 Å². The van der Waals surface area contributed by atoms with E-state index < -0.39 is 0 Å². The predicted molar refractivity (Wildman–Crippen MR) is 114 cm³/mol. The van der Waals surface area contributed by atoms with Crippen LogP contribution in [-0.2, 0) is 19.5 Å². The largest absolute Gasteiger partial charge is 0.494 e. The quantitative estimate of drug-likeness (QED) is 0.585. The molecule has 1 aliphatic heterocycles. The van der Waals surface area contributed by atoms with Gasteiger partial charge in [-0.1, -0.05) is 18.2 Å². The summed E-state index contributed by atoms with van der Waals surface area (Å²) in [6, 6.07) is 21.2. The molecule has 156 valence electrons. The number of benzene rings is 3. The Morgan fingerprint density at radius 1 is 0.867 bits per heavy atom. The molecule has 0 amide bonds. The summed E-state index contributed by atoms with van der Waals surface area (Å²) < 4.78 is 30.1. The third kappa shape index (κ3) is 5.30. The van der Waals surface area contributed by atoms with Gasteiger partial charge in [0.2, 0.25) is 6.79 Å². The van der Waals surface area contributed by atoms with Crippen LogP contribution in [0.25, 0.3) is 0 Å². The van der Waals surface area contributed by atoms with Gasteiger partial charge in [0.1, 0.15) is 24.7 Å². The lowest BCUT2D eigenvalue weighted by Crippen LogP contribution is -3.09. The van der Waals surface area contributed by atoms with E-state index >= 15 is 0 Å². The summed E-state index contributed by atoms with van der Waals surface area (Å²) in [5, 5.41) is 0. The third-order valence-corrected chi connectivity index (χ3v) is 5.24. The van der Waals surface area contributed by atoms with Gasteiger partial charge in [-0.3, -0.25) is 0 Å². The second-order valence-electron chi connectivity index (χ2n) is 7.50. The molecule has 1 N–H and O–H groups in total. The second kappa shape index (κ2) is 9.63. The van der Waals surface area contributed by atoms with Crippen LogP contribution in [-0.4, -0.2) is 19.9 Å². The fourth-order valence-corrected chi connectivity index (χ4v) is 3.75. The van der Waals surface area contributed by atoms with E-state index in [1.165, 1.54) is 22.1 Å². The van der Waals surface area contributed by atoms with Crippen LogP contribution in [0.1, 0.15) is 23.6 Å². The van der Waals surface area contributed by atoms with Gasteiger partial charge < -0.3 is 19.1 Å². The van der Waals surface area contributed by atoms with Crippen LogP contribution < -0.4 is 19.1 Å². The van der Waals surface area contributed by atoms with E-state index in [4.69, 9.17) is 14.2 Å². The summed E-state index contributed by atoms with van der Waals surface area (Å²) in [5.74, 6) is 2.31. The molecule has 1 heterocycles. The molecule has 0 fully saturated rings. The molecule has 0 spiro atoms. The maximum absolute atomic E-state index is 13.7. The Hall–Kier alpha value is -3.05. The maximum atomic E-state index is 13.7. The van der Waals surface area contributed by atoms with Crippen LogP contribution in [0.2, 0.25) is 0 Å². The lowest BCUT2D eigenvalue weighted by Gasteiger charge is -2.20. The highest BCUT2D eigenvalue weighted by Gasteiger charge is 2.16. The van der Waals surface area contributed by atoms with Crippen molar-refractivity contribution in [3.63, 3.8) is 0 Å². The molecule has 0 radical (unpaired) electrons. The van der Waals surface area contributed by atoms with Crippen molar-refractivity contribution in [2.75, 3.05) is 19.9 Å². The van der Waals surface area contributed by atoms with Crippen molar-refractivity contribution in [2.24, 2.45) is 0 Å². The van der Waals surface area contributed by atoms with Crippen LogP contribution in [0, 0.1) is 5.82 Å². The number of halogens is 1. The predicted octanol–water partition coefficient (Wildman–Crippen LogP) is 3.78. The number of nitrogens with one attached hydrogen (secondary N) is 1. The Labute approximate surface area is 176 Å². The molecule has 0 aromatic heterocycles. The first-order valence-electron chi connectivity index (χ1n) is 10.4. The molecule has 3 aromatic rings. The third-order valence-electron chi connectivity index (χ3n) is 5.24. The van der Waals surface area contributed by atoms with Gasteiger partial charge in [0.15, 0.2) is 11.5 Å². The van der Waals surface area contributed by atoms with Gasteiger partial charge >= 0.3 is 0 Å². The summed E-state index contributed by atoms with van der Waals surface area (Å²) >= 11 is 0. The summed E-state index contributed by atoms with van der Waals surface area (Å²) in [6.07, 6.45) is 0.901. The van der Waals surface area contributed by atoms with Crippen molar-refractivity contribution >= 4 is 0 Å². The summed E-state index contributed by atoms with van der Waals surface area (Å²) in [7, 11) is 0. The van der Waals surface area contributed by atoms with Gasteiger partial charge in [-0.15, -0.1) is 0 Å². The SMILES string of the molecule is CCOc1ccc(C[NH+](CCc2ccc3c(c2)OCO3)Cc2cccc(F)c2)cc1. The van der Waals surface area contributed by atoms with E-state index in [2.05, 4.69) is 24.3 Å². The normalized spacial score (nSPS) is 13.3. The molecule has 4 rings (SSSR count). The number of hydrogen-bond donors (Lipinski definition) is 1. The van der Waals surface area contributed by atoms with Crippen LogP contribution >= 0.6 is 0 Å². The molecule has 1 atom stereocenters. The fourth-order valence-electron chi connectivity index (χ4n) is 3.75. The average Bonchev–Trinajstić information content (AvgIpc) is 3.21. The zero-order chi connectivity index (χ0) is 20.8. The van der Waals surface area contributed by atoms with Gasteiger partial charge in [-0.2, -0.15) is 0 Å². The van der Waals surface area contributed by atoms with Crippen molar-refractivity contribution in [3.05, 3.63) is 89.2 Å². The van der Waals surface area contributed by atoms with Crippen LogP contribution in [0.4, 0.5) is 4.39 Å². The second-order valence-corrected chi connectivity index (χ2v) is 7.50. The molecule has 0 bridgehead atoms. The number of fused-ring (bicyclic) bond motifs is 1. The van der Waals surface area contributed by atoms with Gasteiger partial charge in [-0.25, -0.2) is 4.39 Å². The number of quaternary nitrogens is 1. The fraction of sp³-hybridized carbons (Fsp3) is 0.280. The number of ether oxygens (including phenoxy) is 3. The first kappa shape index (κ1) is 20.2. The lowest BCUT2D eigenvalue weighted by atomic mass is 10.1. The summed E-state index contributed by atoms with van der Waals surface area (Å²) in [5.41, 5.74) is 3.44. The van der Waals surface area contributed by atoms with Crippen LogP contribution in [0.5, 0.6) is 17.2 Å². The van der Waals surface area contributed by atoms with Crippen molar-refractivity contribution in [1.29, 1.82) is 0 Å². The average molecular weight is 408 g/mol. The number of hydrogen-bond acceptors (Lipinski definition) is 3. The molecule has 1 unspecified atom stereocenters. The highest BCUT2D eigenvalue weighted by molar-refractivity contribution is 5.44. The molecule has 30 heavy (non-hydrogen) atoms. The lowest BCUT2D eigenvalue weighted by molar-refractivity contribution is -0.927. The van der Waals surface area contributed by atoms with E-state index in [1.807, 2.05) is 31.2 Å². The molecule has 0 aliphatic carbocycles. The van der Waals surface area contributed by atoms with Crippen LogP contribution in [0.15, 0.2) is 66.7 Å². The monoisotopic (exact) mass is 408 g/mol. The molecular formula is C25H27FNO3+. The molecule has 4 nitrogen and oxygen atoms in total.